The summed E-state index contributed by atoms with van der Waals surface area (Å²) in [5.41, 5.74) is 13.6. The van der Waals surface area contributed by atoms with Crippen molar-refractivity contribution >= 4 is 75.5 Å². The van der Waals surface area contributed by atoms with Gasteiger partial charge in [-0.25, -0.2) is 0 Å². The van der Waals surface area contributed by atoms with Crippen molar-refractivity contribution in [3.8, 4) is 11.1 Å². The zero-order valence-corrected chi connectivity index (χ0v) is 33.8. The Balaban J connectivity index is 1.06. The largest absolute Gasteiger partial charge is 0.135 e. The van der Waals surface area contributed by atoms with Gasteiger partial charge in [0.2, 0.25) is 0 Å². The van der Waals surface area contributed by atoms with E-state index in [0.29, 0.717) is 0 Å². The summed E-state index contributed by atoms with van der Waals surface area (Å²) in [7, 11) is 0. The van der Waals surface area contributed by atoms with Crippen LogP contribution in [0.1, 0.15) is 55.5 Å². The molecule has 0 aliphatic heterocycles. The first-order valence-corrected chi connectivity index (χ1v) is 20.5. The maximum absolute atomic E-state index is 4.66. The van der Waals surface area contributed by atoms with Crippen LogP contribution in [0.25, 0.3) is 75.3 Å². The highest BCUT2D eigenvalue weighted by Crippen LogP contribution is 2.53. The molecule has 0 atom stereocenters. The molecule has 0 nitrogen and oxygen atoms in total. The van der Waals surface area contributed by atoms with E-state index in [1.165, 1.54) is 97.0 Å². The molecule has 1 heterocycles. The third kappa shape index (κ3) is 5.73. The van der Waals surface area contributed by atoms with Crippen molar-refractivity contribution in [2.24, 2.45) is 0 Å². The van der Waals surface area contributed by atoms with E-state index in [1.807, 2.05) is 11.3 Å². The SMILES string of the molecule is C=C(/C=C\C(=C)c1c2ccccc2c(-c2ccc(/C=C\C)c(C)c2)c2ccccc12)/C(C)=C/C=C1\Cc2c(c3sc4ccccc4c3c3ccccc23)C1(C)C. The third-order valence-electron chi connectivity index (χ3n) is 12.1. The average Bonchev–Trinajstić information content (AvgIpc) is 3.72. The lowest BCUT2D eigenvalue weighted by atomic mass is 9.81. The minimum Gasteiger partial charge on any atom is -0.135 e. The quantitative estimate of drug-likeness (QED) is 0.113. The molecule has 9 rings (SSSR count). The molecule has 0 bridgehead atoms. The molecule has 8 aromatic rings. The maximum Gasteiger partial charge on any atom is 0.0405 e. The van der Waals surface area contributed by atoms with E-state index in [-0.39, 0.29) is 5.41 Å². The second-order valence-electron chi connectivity index (χ2n) is 15.8. The Morgan fingerprint density at radius 3 is 1.98 bits per heavy atom. The van der Waals surface area contributed by atoms with Crippen LogP contribution in [0, 0.1) is 6.92 Å². The number of hydrogen-bond donors (Lipinski definition) is 0. The first-order chi connectivity index (χ1) is 27.2. The van der Waals surface area contributed by atoms with Crippen molar-refractivity contribution in [2.45, 2.75) is 46.5 Å². The van der Waals surface area contributed by atoms with E-state index >= 15 is 0 Å². The minimum atomic E-state index is -0.0949. The van der Waals surface area contributed by atoms with E-state index in [4.69, 9.17) is 0 Å². The molecule has 0 N–H and O–H groups in total. The van der Waals surface area contributed by atoms with Crippen molar-refractivity contribution in [2.75, 3.05) is 0 Å². The Kier molecular flexibility index (Phi) is 8.87. The Morgan fingerprint density at radius 2 is 1.32 bits per heavy atom. The van der Waals surface area contributed by atoms with E-state index in [2.05, 4.69) is 199 Å². The fourth-order valence-electron chi connectivity index (χ4n) is 9.14. The fourth-order valence-corrected chi connectivity index (χ4v) is 10.6. The van der Waals surface area contributed by atoms with E-state index in [1.54, 1.807) is 0 Å². The number of hydrogen-bond acceptors (Lipinski definition) is 1. The van der Waals surface area contributed by atoms with Crippen molar-refractivity contribution in [1.82, 2.24) is 0 Å². The van der Waals surface area contributed by atoms with E-state index < -0.39 is 0 Å². The summed E-state index contributed by atoms with van der Waals surface area (Å²) in [6, 6.07) is 42.3. The number of benzene rings is 7. The normalized spacial score (nSPS) is 15.1. The number of rotatable bonds is 7. The van der Waals surface area contributed by atoms with Crippen molar-refractivity contribution in [3.05, 3.63) is 203 Å². The van der Waals surface area contributed by atoms with Crippen LogP contribution in [0.2, 0.25) is 0 Å². The highest BCUT2D eigenvalue weighted by molar-refractivity contribution is 7.26. The van der Waals surface area contributed by atoms with Gasteiger partial charge < -0.3 is 0 Å². The first kappa shape index (κ1) is 35.7. The topological polar surface area (TPSA) is 0 Å². The van der Waals surface area contributed by atoms with Gasteiger partial charge in [0.15, 0.2) is 0 Å². The molecule has 1 aliphatic carbocycles. The number of aryl methyl sites for hydroxylation is 1. The summed E-state index contributed by atoms with van der Waals surface area (Å²) in [5.74, 6) is 0. The second-order valence-corrected chi connectivity index (χ2v) is 16.9. The summed E-state index contributed by atoms with van der Waals surface area (Å²) < 4.78 is 2.79. The molecule has 7 aromatic carbocycles. The molecule has 1 aliphatic rings. The Bertz CT molecular complexity index is 3020. The van der Waals surface area contributed by atoms with Crippen LogP contribution in [-0.2, 0) is 11.8 Å². The molecule has 56 heavy (non-hydrogen) atoms. The van der Waals surface area contributed by atoms with Gasteiger partial charge in [0.05, 0.1) is 0 Å². The molecular weight excluding hydrogens is 693 g/mol. The van der Waals surface area contributed by atoms with Crippen LogP contribution in [0.4, 0.5) is 0 Å². The summed E-state index contributed by atoms with van der Waals surface area (Å²) in [6.45, 7) is 20.4. The van der Waals surface area contributed by atoms with Gasteiger partial charge in [-0.3, -0.25) is 0 Å². The highest BCUT2D eigenvalue weighted by Gasteiger charge is 2.38. The van der Waals surface area contributed by atoms with E-state index in [0.717, 1.165) is 23.1 Å². The van der Waals surface area contributed by atoms with Crippen molar-refractivity contribution in [1.29, 1.82) is 0 Å². The molecule has 0 spiro atoms. The van der Waals surface area contributed by atoms with Crippen LogP contribution < -0.4 is 0 Å². The van der Waals surface area contributed by atoms with Crippen LogP contribution in [0.3, 0.4) is 0 Å². The van der Waals surface area contributed by atoms with Gasteiger partial charge in [0, 0.05) is 25.6 Å². The Labute approximate surface area is 334 Å². The summed E-state index contributed by atoms with van der Waals surface area (Å²) in [4.78, 5) is 0. The van der Waals surface area contributed by atoms with Gasteiger partial charge in [-0.1, -0.05) is 178 Å². The second kappa shape index (κ2) is 13.9. The van der Waals surface area contributed by atoms with Gasteiger partial charge in [-0.05, 0) is 121 Å². The zero-order chi connectivity index (χ0) is 38.7. The Hall–Kier alpha value is -6.02. The summed E-state index contributed by atoms with van der Waals surface area (Å²) >= 11 is 1.95. The Morgan fingerprint density at radius 1 is 0.714 bits per heavy atom. The fraction of sp³-hybridized carbons (Fsp3) is 0.127. The monoisotopic (exact) mass is 738 g/mol. The van der Waals surface area contributed by atoms with Gasteiger partial charge in [-0.2, -0.15) is 0 Å². The number of fused-ring (bicyclic) bond motifs is 10. The molecule has 0 saturated heterocycles. The van der Waals surface area contributed by atoms with Gasteiger partial charge in [-0.15, -0.1) is 11.3 Å². The lowest BCUT2D eigenvalue weighted by Gasteiger charge is -2.23. The number of allylic oxidation sites excluding steroid dienone is 9. The average molecular weight is 739 g/mol. The zero-order valence-electron chi connectivity index (χ0n) is 33.0. The first-order valence-electron chi connectivity index (χ1n) is 19.6. The molecule has 0 radical (unpaired) electrons. The van der Waals surface area contributed by atoms with Crippen LogP contribution in [-0.4, -0.2) is 0 Å². The van der Waals surface area contributed by atoms with Gasteiger partial charge >= 0.3 is 0 Å². The molecule has 0 saturated carbocycles. The lowest BCUT2D eigenvalue weighted by Crippen LogP contribution is -2.15. The smallest absolute Gasteiger partial charge is 0.0405 e. The summed E-state index contributed by atoms with van der Waals surface area (Å²) in [6.07, 6.45) is 14.1. The maximum atomic E-state index is 4.66. The highest BCUT2D eigenvalue weighted by atomic mass is 32.1. The van der Waals surface area contributed by atoms with Crippen molar-refractivity contribution < 1.29 is 0 Å². The molecule has 0 fully saturated rings. The summed E-state index contributed by atoms with van der Waals surface area (Å²) in [5, 5.41) is 10.4. The molecular formula is C55H46S. The third-order valence-corrected chi connectivity index (χ3v) is 13.3. The molecule has 272 valence electrons. The predicted octanol–water partition coefficient (Wildman–Crippen LogP) is 16.1. The predicted molar refractivity (Wildman–Crippen MR) is 249 cm³/mol. The number of thiophene rings is 1. The molecule has 0 unspecified atom stereocenters. The van der Waals surface area contributed by atoms with Crippen LogP contribution >= 0.6 is 11.3 Å². The van der Waals surface area contributed by atoms with Crippen LogP contribution in [0.5, 0.6) is 0 Å². The molecule has 1 aromatic heterocycles. The lowest BCUT2D eigenvalue weighted by molar-refractivity contribution is 0.650. The molecule has 1 heteroatoms. The standard InChI is InChI=1S/C55H46S/c1-8-17-38-29-30-39(32-37(38)5)51-45-22-13-11-20-43(45)50(44-21-12-14-23-46(44)51)36(4)27-26-34(2)35(3)28-31-40-33-48-41-18-9-10-19-42(41)52-47-24-15-16-25-49(47)56-54(52)53(48)55(40,6)7/h8-32H,2,4,33H2,1,3,5-7H3/b17-8-,27-26-,35-28+,40-31+. The van der Waals surface area contributed by atoms with Gasteiger partial charge in [0.25, 0.3) is 0 Å². The van der Waals surface area contributed by atoms with Crippen molar-refractivity contribution in [3.63, 3.8) is 0 Å². The molecule has 0 amide bonds. The van der Waals surface area contributed by atoms with Crippen LogP contribution in [0.15, 0.2) is 176 Å². The van der Waals surface area contributed by atoms with E-state index in [9.17, 15) is 0 Å². The minimum absolute atomic E-state index is 0.0949. The van der Waals surface area contributed by atoms with Gasteiger partial charge in [0.1, 0.15) is 0 Å².